The molecule has 0 radical (unpaired) electrons. The number of carbonyl (C=O) groups excluding carboxylic acids is 1. The molecule has 0 fully saturated rings. The number of anilines is 1. The molecule has 3 aromatic rings. The molecule has 12 heteroatoms. The van der Waals surface area contributed by atoms with Gasteiger partial charge in [0.25, 0.3) is 10.9 Å². The second-order valence-corrected chi connectivity index (χ2v) is 6.72. The number of halogens is 2. The number of ether oxygens (including phenoxy) is 1. The number of nitrogens with zero attached hydrogens (tertiary/aromatic N) is 4. The zero-order valence-corrected chi connectivity index (χ0v) is 16.2. The first-order valence-corrected chi connectivity index (χ1v) is 9.34. The summed E-state index contributed by atoms with van der Waals surface area (Å²) in [4.78, 5) is 23.9. The van der Waals surface area contributed by atoms with Crippen LogP contribution in [0, 0.1) is 10.1 Å². The number of benzene rings is 2. The molecule has 3 rings (SSSR count). The highest BCUT2D eigenvalue weighted by Gasteiger charge is 2.16. The third kappa shape index (κ3) is 5.29. The first kappa shape index (κ1) is 21.2. The maximum absolute atomic E-state index is 12.3. The Bertz CT molecular complexity index is 1030. The zero-order valence-electron chi connectivity index (χ0n) is 15.4. The number of rotatable bonds is 8. The molecule has 0 aliphatic carbocycles. The van der Waals surface area contributed by atoms with Gasteiger partial charge in [0, 0.05) is 30.4 Å². The van der Waals surface area contributed by atoms with Gasteiger partial charge in [-0.1, -0.05) is 11.8 Å². The van der Waals surface area contributed by atoms with Crippen molar-refractivity contribution in [2.45, 2.75) is 11.8 Å². The van der Waals surface area contributed by atoms with Crippen molar-refractivity contribution in [3.8, 4) is 17.2 Å². The highest BCUT2D eigenvalue weighted by molar-refractivity contribution is 7.99. The van der Waals surface area contributed by atoms with Gasteiger partial charge >= 0.3 is 6.61 Å². The van der Waals surface area contributed by atoms with Crippen LogP contribution in [0.3, 0.4) is 0 Å². The monoisotopic (exact) mass is 436 g/mol. The van der Waals surface area contributed by atoms with Crippen molar-refractivity contribution in [1.82, 2.24) is 10.2 Å². The summed E-state index contributed by atoms with van der Waals surface area (Å²) in [5, 5.41) is 18.6. The van der Waals surface area contributed by atoms with Gasteiger partial charge in [0.15, 0.2) is 0 Å². The number of nitro benzene ring substituents is 1. The minimum absolute atomic E-state index is 0.00254. The van der Waals surface area contributed by atoms with E-state index >= 15 is 0 Å². The van der Waals surface area contributed by atoms with Gasteiger partial charge in [0.1, 0.15) is 5.75 Å². The van der Waals surface area contributed by atoms with E-state index in [9.17, 15) is 23.7 Å². The number of nitro groups is 1. The average molecular weight is 436 g/mol. The third-order valence-corrected chi connectivity index (χ3v) is 4.68. The summed E-state index contributed by atoms with van der Waals surface area (Å²) >= 11 is 1.02. The van der Waals surface area contributed by atoms with Crippen LogP contribution in [0.2, 0.25) is 0 Å². The molecule has 0 spiro atoms. The Morgan fingerprint density at radius 2 is 1.87 bits per heavy atom. The van der Waals surface area contributed by atoms with Crippen LogP contribution >= 0.6 is 11.8 Å². The van der Waals surface area contributed by atoms with E-state index in [-0.39, 0.29) is 34.2 Å². The van der Waals surface area contributed by atoms with E-state index in [0.717, 1.165) is 11.8 Å². The molecule has 0 saturated heterocycles. The van der Waals surface area contributed by atoms with Crippen LogP contribution in [0.15, 0.2) is 58.2 Å². The molecule has 9 nitrogen and oxygen atoms in total. The van der Waals surface area contributed by atoms with Gasteiger partial charge in [-0.05, 0) is 36.4 Å². The Balaban J connectivity index is 1.58. The topological polar surface area (TPSA) is 112 Å². The minimum Gasteiger partial charge on any atom is -0.435 e. The smallest absolute Gasteiger partial charge is 0.387 e. The van der Waals surface area contributed by atoms with E-state index < -0.39 is 11.5 Å². The van der Waals surface area contributed by atoms with Crippen molar-refractivity contribution in [3.05, 3.63) is 58.6 Å². The third-order valence-electron chi connectivity index (χ3n) is 3.87. The Hall–Kier alpha value is -3.54. The minimum atomic E-state index is -2.91. The average Bonchev–Trinajstić information content (AvgIpc) is 3.20. The van der Waals surface area contributed by atoms with E-state index in [4.69, 9.17) is 4.42 Å². The van der Waals surface area contributed by atoms with Crippen LogP contribution in [-0.4, -0.2) is 40.4 Å². The molecule has 0 bridgehead atoms. The van der Waals surface area contributed by atoms with Gasteiger partial charge in [0.2, 0.25) is 11.8 Å². The maximum Gasteiger partial charge on any atom is 0.387 e. The van der Waals surface area contributed by atoms with E-state index in [1.54, 1.807) is 7.05 Å². The van der Waals surface area contributed by atoms with Crippen molar-refractivity contribution < 1.29 is 27.7 Å². The summed E-state index contributed by atoms with van der Waals surface area (Å²) in [5.41, 5.74) is 0.940. The van der Waals surface area contributed by atoms with E-state index in [0.29, 0.717) is 11.3 Å². The molecule has 1 aromatic heterocycles. The first-order valence-electron chi connectivity index (χ1n) is 8.36. The number of carbonyl (C=O) groups is 1. The van der Waals surface area contributed by atoms with Gasteiger partial charge in [-0.25, -0.2) is 0 Å². The molecule has 0 aliphatic rings. The summed E-state index contributed by atoms with van der Waals surface area (Å²) in [6.07, 6.45) is 0. The van der Waals surface area contributed by atoms with E-state index in [1.807, 2.05) is 0 Å². The number of alkyl halides is 2. The lowest BCUT2D eigenvalue weighted by molar-refractivity contribution is -0.384. The van der Waals surface area contributed by atoms with Crippen molar-refractivity contribution in [3.63, 3.8) is 0 Å². The van der Waals surface area contributed by atoms with Crippen LogP contribution in [-0.2, 0) is 4.79 Å². The fraction of sp³-hybridized carbons (Fsp3) is 0.167. The van der Waals surface area contributed by atoms with E-state index in [2.05, 4.69) is 14.9 Å². The molecule has 30 heavy (non-hydrogen) atoms. The number of non-ortho nitro benzene ring substituents is 1. The summed E-state index contributed by atoms with van der Waals surface area (Å²) in [6, 6.07) is 11.3. The predicted octanol–water partition coefficient (Wildman–Crippen LogP) is 4.00. The standard InChI is InChI=1S/C18H14F2N4O5S/c1-23(12-4-6-13(7-5-12)24(26)27)15(25)10-30-18-22-21-16(29-18)11-2-8-14(9-3-11)28-17(19)20/h2-9,17H,10H2,1H3. The molecule has 0 unspecified atom stereocenters. The van der Waals surface area contributed by atoms with Crippen LogP contribution in [0.4, 0.5) is 20.2 Å². The summed E-state index contributed by atoms with van der Waals surface area (Å²) in [6.45, 7) is -2.91. The molecule has 0 saturated carbocycles. The fourth-order valence-electron chi connectivity index (χ4n) is 2.33. The van der Waals surface area contributed by atoms with Crippen LogP contribution in [0.5, 0.6) is 5.75 Å². The Labute approximate surface area is 172 Å². The molecule has 156 valence electrons. The largest absolute Gasteiger partial charge is 0.435 e. The van der Waals surface area contributed by atoms with Crippen molar-refractivity contribution in [2.24, 2.45) is 0 Å². The number of amides is 1. The molecule has 2 aromatic carbocycles. The zero-order chi connectivity index (χ0) is 21.7. The van der Waals surface area contributed by atoms with Gasteiger partial charge in [-0.2, -0.15) is 8.78 Å². The normalized spacial score (nSPS) is 10.8. The maximum atomic E-state index is 12.3. The number of aromatic nitrogens is 2. The van der Waals surface area contributed by atoms with Gasteiger partial charge < -0.3 is 14.1 Å². The van der Waals surface area contributed by atoms with E-state index in [1.165, 1.54) is 53.4 Å². The second kappa shape index (κ2) is 9.31. The molecule has 0 atom stereocenters. The van der Waals surface area contributed by atoms with Gasteiger partial charge in [-0.15, -0.1) is 10.2 Å². The molecule has 0 aliphatic heterocycles. The highest BCUT2D eigenvalue weighted by atomic mass is 32.2. The fourth-order valence-corrected chi connectivity index (χ4v) is 3.00. The molecule has 1 amide bonds. The molecular weight excluding hydrogens is 422 g/mol. The lowest BCUT2D eigenvalue weighted by atomic mass is 10.2. The SMILES string of the molecule is CN(C(=O)CSc1nnc(-c2ccc(OC(F)F)cc2)o1)c1ccc([N+](=O)[O-])cc1. The van der Waals surface area contributed by atoms with Crippen LogP contribution in [0.1, 0.15) is 0 Å². The van der Waals surface area contributed by atoms with Crippen LogP contribution < -0.4 is 9.64 Å². The Kier molecular flexibility index (Phi) is 6.57. The highest BCUT2D eigenvalue weighted by Crippen LogP contribution is 2.26. The van der Waals surface area contributed by atoms with Gasteiger partial charge in [0.05, 0.1) is 10.7 Å². The van der Waals surface area contributed by atoms with Crippen molar-refractivity contribution in [2.75, 3.05) is 17.7 Å². The number of hydrogen-bond donors (Lipinski definition) is 0. The summed E-state index contributed by atoms with van der Waals surface area (Å²) in [5.74, 6) is -0.113. The van der Waals surface area contributed by atoms with Crippen molar-refractivity contribution >= 4 is 29.0 Å². The Morgan fingerprint density at radius 1 is 1.20 bits per heavy atom. The number of hydrogen-bond acceptors (Lipinski definition) is 8. The lowest BCUT2D eigenvalue weighted by Gasteiger charge is -2.16. The first-order chi connectivity index (χ1) is 14.3. The molecule has 0 N–H and O–H groups in total. The van der Waals surface area contributed by atoms with Crippen LogP contribution in [0.25, 0.3) is 11.5 Å². The van der Waals surface area contributed by atoms with Gasteiger partial charge in [-0.3, -0.25) is 14.9 Å². The quantitative estimate of drug-likeness (QED) is 0.296. The molecular formula is C18H14F2N4O5S. The molecule has 1 heterocycles. The summed E-state index contributed by atoms with van der Waals surface area (Å²) < 4.78 is 34.1. The second-order valence-electron chi connectivity index (χ2n) is 5.79. The Morgan fingerprint density at radius 3 is 2.47 bits per heavy atom. The van der Waals surface area contributed by atoms with Crippen molar-refractivity contribution in [1.29, 1.82) is 0 Å². The lowest BCUT2D eigenvalue weighted by Crippen LogP contribution is -2.27. The summed E-state index contributed by atoms with van der Waals surface area (Å²) in [7, 11) is 1.55. The number of thioether (sulfide) groups is 1. The predicted molar refractivity (Wildman–Crippen MR) is 104 cm³/mol.